The SMILES string of the molecule is CC1CCN(S(=O)(=O)c2cn[nH]c2N)CC1. The number of hydrogen-bond acceptors (Lipinski definition) is 4. The molecule has 90 valence electrons. The second kappa shape index (κ2) is 4.06. The second-order valence-electron chi connectivity index (χ2n) is 4.23. The van der Waals surface area contributed by atoms with Crippen LogP contribution < -0.4 is 5.73 Å². The Morgan fingerprint density at radius 2 is 2.12 bits per heavy atom. The van der Waals surface area contributed by atoms with E-state index in [0.717, 1.165) is 12.8 Å². The summed E-state index contributed by atoms with van der Waals surface area (Å²) < 4.78 is 25.8. The Labute approximate surface area is 94.9 Å². The van der Waals surface area contributed by atoms with E-state index >= 15 is 0 Å². The van der Waals surface area contributed by atoms with E-state index in [4.69, 9.17) is 5.73 Å². The Morgan fingerprint density at radius 3 is 2.62 bits per heavy atom. The highest BCUT2D eigenvalue weighted by molar-refractivity contribution is 7.89. The highest BCUT2D eigenvalue weighted by Gasteiger charge is 2.30. The van der Waals surface area contributed by atoms with Gasteiger partial charge in [0.25, 0.3) is 0 Å². The van der Waals surface area contributed by atoms with Crippen molar-refractivity contribution in [2.75, 3.05) is 18.8 Å². The monoisotopic (exact) mass is 244 g/mol. The van der Waals surface area contributed by atoms with E-state index in [-0.39, 0.29) is 10.7 Å². The van der Waals surface area contributed by atoms with Gasteiger partial charge < -0.3 is 5.73 Å². The number of H-pyrrole nitrogens is 1. The maximum atomic E-state index is 12.2. The molecule has 0 unspecified atom stereocenters. The van der Waals surface area contributed by atoms with Gasteiger partial charge >= 0.3 is 0 Å². The number of rotatable bonds is 2. The minimum Gasteiger partial charge on any atom is -0.383 e. The molecule has 16 heavy (non-hydrogen) atoms. The molecule has 6 nitrogen and oxygen atoms in total. The lowest BCUT2D eigenvalue weighted by atomic mass is 10.0. The van der Waals surface area contributed by atoms with Crippen molar-refractivity contribution in [3.05, 3.63) is 6.20 Å². The zero-order valence-electron chi connectivity index (χ0n) is 9.18. The molecule has 0 saturated carbocycles. The molecule has 1 aliphatic heterocycles. The number of nitrogens with one attached hydrogen (secondary N) is 1. The topological polar surface area (TPSA) is 92.1 Å². The number of nitrogens with zero attached hydrogens (tertiary/aromatic N) is 2. The van der Waals surface area contributed by atoms with E-state index in [9.17, 15) is 8.42 Å². The molecule has 0 amide bonds. The molecule has 0 spiro atoms. The van der Waals surface area contributed by atoms with Crippen molar-refractivity contribution in [3.8, 4) is 0 Å². The Hall–Kier alpha value is -1.08. The van der Waals surface area contributed by atoms with Gasteiger partial charge in [0.15, 0.2) is 0 Å². The molecule has 7 heteroatoms. The molecular weight excluding hydrogens is 228 g/mol. The third-order valence-corrected chi connectivity index (χ3v) is 4.92. The minimum atomic E-state index is -3.46. The summed E-state index contributed by atoms with van der Waals surface area (Å²) in [6.07, 6.45) is 3.07. The van der Waals surface area contributed by atoms with Gasteiger partial charge in [0.05, 0.1) is 6.20 Å². The van der Waals surface area contributed by atoms with E-state index in [0.29, 0.717) is 19.0 Å². The van der Waals surface area contributed by atoms with Crippen LogP contribution in [0.3, 0.4) is 0 Å². The molecule has 2 heterocycles. The van der Waals surface area contributed by atoms with E-state index in [1.165, 1.54) is 10.5 Å². The molecule has 1 aliphatic rings. The van der Waals surface area contributed by atoms with Gasteiger partial charge in [-0.05, 0) is 18.8 Å². The van der Waals surface area contributed by atoms with Crippen LogP contribution in [0.25, 0.3) is 0 Å². The largest absolute Gasteiger partial charge is 0.383 e. The lowest BCUT2D eigenvalue weighted by Gasteiger charge is -2.29. The molecule has 2 rings (SSSR count). The summed E-state index contributed by atoms with van der Waals surface area (Å²) in [5.74, 6) is 0.701. The van der Waals surface area contributed by atoms with Crippen LogP contribution in [0.15, 0.2) is 11.1 Å². The van der Waals surface area contributed by atoms with Gasteiger partial charge in [0.2, 0.25) is 10.0 Å². The van der Waals surface area contributed by atoms with E-state index in [1.807, 2.05) is 0 Å². The summed E-state index contributed by atoms with van der Waals surface area (Å²) in [5, 5.41) is 6.09. The maximum absolute atomic E-state index is 12.2. The number of piperidine rings is 1. The van der Waals surface area contributed by atoms with Gasteiger partial charge in [-0.25, -0.2) is 8.42 Å². The third-order valence-electron chi connectivity index (χ3n) is 2.99. The molecule has 0 aromatic carbocycles. The molecule has 1 saturated heterocycles. The molecular formula is C9H16N4O2S. The highest BCUT2D eigenvalue weighted by atomic mass is 32.2. The summed E-state index contributed by atoms with van der Waals surface area (Å²) in [6, 6.07) is 0. The van der Waals surface area contributed by atoms with Gasteiger partial charge in [0, 0.05) is 13.1 Å². The van der Waals surface area contributed by atoms with Crippen LogP contribution in [-0.2, 0) is 10.0 Å². The first kappa shape index (κ1) is 11.4. The minimum absolute atomic E-state index is 0.0852. The Kier molecular flexibility index (Phi) is 2.90. The number of sulfonamides is 1. The first-order chi connectivity index (χ1) is 7.51. The van der Waals surface area contributed by atoms with Crippen LogP contribution in [0, 0.1) is 5.92 Å². The van der Waals surface area contributed by atoms with Gasteiger partial charge in [-0.15, -0.1) is 0 Å². The first-order valence-corrected chi connectivity index (χ1v) is 6.75. The van der Waals surface area contributed by atoms with Crippen LogP contribution in [0.4, 0.5) is 5.82 Å². The predicted molar refractivity (Wildman–Crippen MR) is 60.2 cm³/mol. The number of anilines is 1. The highest BCUT2D eigenvalue weighted by Crippen LogP contribution is 2.25. The molecule has 1 fully saturated rings. The van der Waals surface area contributed by atoms with E-state index in [2.05, 4.69) is 17.1 Å². The summed E-state index contributed by atoms with van der Waals surface area (Å²) in [6.45, 7) is 3.26. The van der Waals surface area contributed by atoms with Crippen molar-refractivity contribution in [2.24, 2.45) is 5.92 Å². The fraction of sp³-hybridized carbons (Fsp3) is 0.667. The average Bonchev–Trinajstić information content (AvgIpc) is 2.66. The summed E-state index contributed by atoms with van der Waals surface area (Å²) >= 11 is 0. The standard InChI is InChI=1S/C9H16N4O2S/c1-7-2-4-13(5-3-7)16(14,15)8-6-11-12-9(8)10/h6-7H,2-5H2,1H3,(H3,10,11,12). The summed E-state index contributed by atoms with van der Waals surface area (Å²) in [4.78, 5) is 0.0852. The third kappa shape index (κ3) is 1.92. The van der Waals surface area contributed by atoms with Gasteiger partial charge in [-0.3, -0.25) is 5.10 Å². The lowest BCUT2D eigenvalue weighted by Crippen LogP contribution is -2.38. The average molecular weight is 244 g/mol. The van der Waals surface area contributed by atoms with E-state index in [1.54, 1.807) is 0 Å². The van der Waals surface area contributed by atoms with Crippen LogP contribution in [-0.4, -0.2) is 36.0 Å². The Morgan fingerprint density at radius 1 is 1.50 bits per heavy atom. The van der Waals surface area contributed by atoms with E-state index < -0.39 is 10.0 Å². The zero-order chi connectivity index (χ0) is 11.8. The molecule has 3 N–H and O–H groups in total. The molecule has 1 aromatic rings. The summed E-state index contributed by atoms with van der Waals surface area (Å²) in [5.41, 5.74) is 5.54. The number of nitrogens with two attached hydrogens (primary N) is 1. The van der Waals surface area contributed by atoms with Gasteiger partial charge in [-0.2, -0.15) is 9.40 Å². The Bertz CT molecular complexity index is 460. The lowest BCUT2D eigenvalue weighted by molar-refractivity contribution is 0.288. The maximum Gasteiger partial charge on any atom is 0.248 e. The van der Waals surface area contributed by atoms with Crippen molar-refractivity contribution in [2.45, 2.75) is 24.7 Å². The molecule has 0 bridgehead atoms. The number of hydrogen-bond donors (Lipinski definition) is 2. The molecule has 1 aromatic heterocycles. The normalized spacial score (nSPS) is 20.1. The van der Waals surface area contributed by atoms with Crippen molar-refractivity contribution in [3.63, 3.8) is 0 Å². The quantitative estimate of drug-likeness (QED) is 0.788. The van der Waals surface area contributed by atoms with Crippen molar-refractivity contribution < 1.29 is 8.42 Å². The number of aromatic nitrogens is 2. The van der Waals surface area contributed by atoms with Crippen LogP contribution in [0.5, 0.6) is 0 Å². The van der Waals surface area contributed by atoms with Gasteiger partial charge in [0.1, 0.15) is 10.7 Å². The number of nitrogen functional groups attached to an aromatic ring is 1. The predicted octanol–water partition coefficient (Wildman–Crippen LogP) is 0.412. The van der Waals surface area contributed by atoms with Crippen LogP contribution in [0.2, 0.25) is 0 Å². The Balaban J connectivity index is 2.23. The van der Waals surface area contributed by atoms with Gasteiger partial charge in [-0.1, -0.05) is 6.92 Å². The van der Waals surface area contributed by atoms with Crippen molar-refractivity contribution in [1.82, 2.24) is 14.5 Å². The fourth-order valence-electron chi connectivity index (χ4n) is 1.85. The number of aromatic amines is 1. The first-order valence-electron chi connectivity index (χ1n) is 5.31. The van der Waals surface area contributed by atoms with Crippen LogP contribution >= 0.6 is 0 Å². The molecule has 0 aliphatic carbocycles. The second-order valence-corrected chi connectivity index (χ2v) is 6.14. The molecule has 0 atom stereocenters. The van der Waals surface area contributed by atoms with Crippen molar-refractivity contribution >= 4 is 15.8 Å². The zero-order valence-corrected chi connectivity index (χ0v) is 10.00. The fourth-order valence-corrected chi connectivity index (χ4v) is 3.33. The molecule has 0 radical (unpaired) electrons. The smallest absolute Gasteiger partial charge is 0.248 e. The summed E-state index contributed by atoms with van der Waals surface area (Å²) in [7, 11) is -3.46. The van der Waals surface area contributed by atoms with Crippen molar-refractivity contribution in [1.29, 1.82) is 0 Å². The van der Waals surface area contributed by atoms with Crippen LogP contribution in [0.1, 0.15) is 19.8 Å².